The van der Waals surface area contributed by atoms with E-state index in [0.717, 1.165) is 19.6 Å². The molecule has 2 aliphatic rings. The van der Waals surface area contributed by atoms with Crippen LogP contribution >= 0.6 is 47.0 Å². The van der Waals surface area contributed by atoms with Crippen LogP contribution in [0.25, 0.3) is 0 Å². The second kappa shape index (κ2) is 11.4. The smallest absolute Gasteiger partial charge is 0.126 e. The first-order valence-electron chi connectivity index (χ1n) is 11.4. The van der Waals surface area contributed by atoms with E-state index in [-0.39, 0.29) is 0 Å². The van der Waals surface area contributed by atoms with Crippen molar-refractivity contribution >= 4 is 79.3 Å². The molecule has 0 atom stereocenters. The van der Waals surface area contributed by atoms with Gasteiger partial charge in [0.05, 0.1) is 28.1 Å². The lowest BCUT2D eigenvalue weighted by Crippen LogP contribution is -2.16. The molecule has 2 aliphatic heterocycles. The SMILES string of the molecule is C[Si](C)(C)C#CC1=C(C#C[Si](C)(C)C)SC(=C2SC(C#C[Si](C)(C)C)=C(C#C[Si](C)(C)C)S2)S1. The van der Waals surface area contributed by atoms with Gasteiger partial charge in [0.2, 0.25) is 0 Å². The van der Waals surface area contributed by atoms with E-state index < -0.39 is 32.3 Å². The first-order valence-corrected chi connectivity index (χ1v) is 28.6. The van der Waals surface area contributed by atoms with E-state index in [1.807, 2.05) is 0 Å². The zero-order valence-electron chi connectivity index (χ0n) is 22.6. The molecule has 0 aromatic carbocycles. The topological polar surface area (TPSA) is 0 Å². The molecule has 0 bridgehead atoms. The van der Waals surface area contributed by atoms with Crippen LogP contribution in [0, 0.1) is 45.9 Å². The Balaban J connectivity index is 2.47. The lowest BCUT2D eigenvalue weighted by Gasteiger charge is -2.04. The molecular formula is C26H36S4Si4. The largest absolute Gasteiger partial charge is 0.129 e. The minimum Gasteiger partial charge on any atom is -0.126 e. The fourth-order valence-corrected chi connectivity index (χ4v) is 9.32. The summed E-state index contributed by atoms with van der Waals surface area (Å²) in [4.78, 5) is 4.49. The highest BCUT2D eigenvalue weighted by Gasteiger charge is 2.29. The predicted molar refractivity (Wildman–Crippen MR) is 176 cm³/mol. The summed E-state index contributed by atoms with van der Waals surface area (Å²) in [5.74, 6) is 14.0. The average Bonchev–Trinajstić information content (AvgIpc) is 3.22. The highest BCUT2D eigenvalue weighted by atomic mass is 32.2. The van der Waals surface area contributed by atoms with Gasteiger partial charge in [-0.3, -0.25) is 0 Å². The number of allylic oxidation sites excluding steroid dienone is 4. The van der Waals surface area contributed by atoms with Crippen molar-refractivity contribution in [3.63, 3.8) is 0 Å². The van der Waals surface area contributed by atoms with Crippen molar-refractivity contribution < 1.29 is 0 Å². The fraction of sp³-hybridized carbons (Fsp3) is 0.462. The average molecular weight is 589 g/mol. The molecular weight excluding hydrogens is 553 g/mol. The van der Waals surface area contributed by atoms with Crippen LogP contribution in [0.1, 0.15) is 0 Å². The Bertz CT molecular complexity index is 1010. The van der Waals surface area contributed by atoms with Crippen LogP contribution in [-0.4, -0.2) is 32.3 Å². The van der Waals surface area contributed by atoms with E-state index in [0.29, 0.717) is 0 Å². The molecule has 0 aliphatic carbocycles. The summed E-state index contributed by atoms with van der Waals surface area (Å²) >= 11 is 7.18. The molecule has 0 unspecified atom stereocenters. The van der Waals surface area contributed by atoms with Crippen molar-refractivity contribution in [3.05, 3.63) is 28.1 Å². The molecule has 2 rings (SSSR count). The molecule has 0 aromatic rings. The second-order valence-corrected chi connectivity index (χ2v) is 35.9. The Hall–Kier alpha value is -0.272. The summed E-state index contributed by atoms with van der Waals surface area (Å²) in [6.07, 6.45) is 0. The Morgan fingerprint density at radius 3 is 0.676 bits per heavy atom. The summed E-state index contributed by atoms with van der Waals surface area (Å²) in [7, 11) is -5.87. The molecule has 0 N–H and O–H groups in total. The van der Waals surface area contributed by atoms with Gasteiger partial charge in [-0.25, -0.2) is 0 Å². The third-order valence-electron chi connectivity index (χ3n) is 3.56. The Labute approximate surface area is 230 Å². The molecule has 0 spiro atoms. The monoisotopic (exact) mass is 588 g/mol. The molecule has 0 nitrogen and oxygen atoms in total. The van der Waals surface area contributed by atoms with Gasteiger partial charge in [0.15, 0.2) is 0 Å². The standard InChI is InChI=1S/C26H36S4Si4/c1-31(2,3)17-13-21-22(14-18-32(4,5)6)28-25(27-21)26-29-23(15-19-33(7,8)9)24(30-26)16-20-34(10,11)12/h1-12H3. The Morgan fingerprint density at radius 1 is 0.353 bits per heavy atom. The van der Waals surface area contributed by atoms with E-state index in [1.54, 1.807) is 47.0 Å². The molecule has 2 heterocycles. The fourth-order valence-electron chi connectivity index (χ4n) is 2.07. The maximum atomic E-state index is 3.55. The molecule has 0 radical (unpaired) electrons. The van der Waals surface area contributed by atoms with Gasteiger partial charge >= 0.3 is 0 Å². The summed E-state index contributed by atoms with van der Waals surface area (Å²) in [6.45, 7) is 27.5. The molecule has 0 fully saturated rings. The van der Waals surface area contributed by atoms with Crippen LogP contribution in [-0.2, 0) is 0 Å². The molecule has 0 aromatic heterocycles. The van der Waals surface area contributed by atoms with Crippen molar-refractivity contribution in [1.82, 2.24) is 0 Å². The third kappa shape index (κ3) is 11.2. The molecule has 0 amide bonds. The normalized spacial score (nSPS) is 16.8. The first-order chi connectivity index (χ1) is 15.3. The van der Waals surface area contributed by atoms with Gasteiger partial charge in [0.25, 0.3) is 0 Å². The van der Waals surface area contributed by atoms with E-state index in [4.69, 9.17) is 0 Å². The minimum absolute atomic E-state index is 1.12. The third-order valence-corrected chi connectivity index (χ3v) is 12.4. The molecule has 180 valence electrons. The second-order valence-electron chi connectivity index (χ2n) is 12.3. The minimum atomic E-state index is -1.47. The van der Waals surface area contributed by atoms with Crippen molar-refractivity contribution in [2.24, 2.45) is 0 Å². The van der Waals surface area contributed by atoms with Gasteiger partial charge in [-0.15, -0.1) is 22.2 Å². The maximum Gasteiger partial charge on any atom is 0.129 e. The Kier molecular flexibility index (Phi) is 10.1. The highest BCUT2D eigenvalue weighted by molar-refractivity contribution is 8.34. The molecule has 34 heavy (non-hydrogen) atoms. The predicted octanol–water partition coefficient (Wildman–Crippen LogP) is 9.02. The van der Waals surface area contributed by atoms with Crippen molar-refractivity contribution in [2.45, 2.75) is 78.6 Å². The van der Waals surface area contributed by atoms with Crippen molar-refractivity contribution in [3.8, 4) is 45.9 Å². The molecule has 8 heteroatoms. The van der Waals surface area contributed by atoms with Crippen molar-refractivity contribution in [2.75, 3.05) is 0 Å². The van der Waals surface area contributed by atoms with Crippen LogP contribution in [0.15, 0.2) is 28.1 Å². The van der Waals surface area contributed by atoms with Gasteiger partial charge in [-0.1, -0.05) is 149 Å². The summed E-state index contributed by atoms with van der Waals surface area (Å²) < 4.78 is 2.57. The lowest BCUT2D eigenvalue weighted by atomic mass is 10.5. The van der Waals surface area contributed by atoms with Crippen LogP contribution in [0.5, 0.6) is 0 Å². The van der Waals surface area contributed by atoms with Gasteiger partial charge in [-0.2, -0.15) is 0 Å². The van der Waals surface area contributed by atoms with E-state index in [2.05, 4.69) is 124 Å². The first kappa shape index (κ1) is 30.0. The quantitative estimate of drug-likeness (QED) is 0.204. The molecule has 0 saturated carbocycles. The lowest BCUT2D eigenvalue weighted by molar-refractivity contribution is 1.80. The number of hydrogen-bond acceptors (Lipinski definition) is 4. The van der Waals surface area contributed by atoms with Crippen molar-refractivity contribution in [1.29, 1.82) is 0 Å². The summed E-state index contributed by atoms with van der Waals surface area (Å²) in [5, 5.41) is 0. The summed E-state index contributed by atoms with van der Waals surface area (Å²) in [6, 6.07) is 0. The van der Waals surface area contributed by atoms with Gasteiger partial charge in [0.1, 0.15) is 32.3 Å². The van der Waals surface area contributed by atoms with E-state index in [1.165, 1.54) is 8.47 Å². The number of rotatable bonds is 0. The van der Waals surface area contributed by atoms with E-state index in [9.17, 15) is 0 Å². The van der Waals surface area contributed by atoms with Crippen LogP contribution in [0.2, 0.25) is 78.6 Å². The van der Waals surface area contributed by atoms with Gasteiger partial charge < -0.3 is 0 Å². The van der Waals surface area contributed by atoms with Crippen LogP contribution in [0.3, 0.4) is 0 Å². The zero-order chi connectivity index (χ0) is 25.9. The summed E-state index contributed by atoms with van der Waals surface area (Å²) in [5.41, 5.74) is 14.2. The molecule has 0 saturated heterocycles. The Morgan fingerprint density at radius 2 is 0.529 bits per heavy atom. The van der Waals surface area contributed by atoms with Crippen LogP contribution < -0.4 is 0 Å². The van der Waals surface area contributed by atoms with Gasteiger partial charge in [-0.05, 0) is 0 Å². The highest BCUT2D eigenvalue weighted by Crippen LogP contribution is 2.59. The zero-order valence-corrected chi connectivity index (χ0v) is 29.9. The van der Waals surface area contributed by atoms with Gasteiger partial charge in [0, 0.05) is 0 Å². The number of thioether (sulfide) groups is 4. The number of hydrogen-bond donors (Lipinski definition) is 0. The van der Waals surface area contributed by atoms with Crippen LogP contribution in [0.4, 0.5) is 0 Å². The maximum absolute atomic E-state index is 3.55. The van der Waals surface area contributed by atoms with E-state index >= 15 is 0 Å².